The van der Waals surface area contributed by atoms with E-state index in [0.717, 1.165) is 38.5 Å². The molecule has 1 aromatic carbocycles. The lowest BCUT2D eigenvalue weighted by Crippen LogP contribution is -2.48. The summed E-state index contributed by atoms with van der Waals surface area (Å²) >= 11 is 0. The number of benzene rings is 1. The van der Waals surface area contributed by atoms with E-state index in [1.165, 1.54) is 43.5 Å². The first kappa shape index (κ1) is 16.7. The topological polar surface area (TPSA) is 27.7 Å². The molecule has 0 aromatic heterocycles. The molecule has 1 unspecified atom stereocenters. The van der Waals surface area contributed by atoms with E-state index in [2.05, 4.69) is 40.2 Å². The van der Waals surface area contributed by atoms with E-state index in [1.807, 2.05) is 0 Å². The molecular formula is C19H31N3O. The van der Waals surface area contributed by atoms with Crippen LogP contribution in [0.4, 0.5) is 0 Å². The van der Waals surface area contributed by atoms with Gasteiger partial charge in [0, 0.05) is 38.3 Å². The van der Waals surface area contributed by atoms with Crippen LogP contribution in [0.25, 0.3) is 0 Å². The number of hydrogen-bond donors (Lipinski definition) is 1. The van der Waals surface area contributed by atoms with Crippen molar-refractivity contribution in [3.8, 4) is 5.75 Å². The Kier molecular flexibility index (Phi) is 5.92. The molecule has 2 aliphatic heterocycles. The van der Waals surface area contributed by atoms with E-state index >= 15 is 0 Å². The summed E-state index contributed by atoms with van der Waals surface area (Å²) in [6.45, 7) is 10.2. The van der Waals surface area contributed by atoms with Gasteiger partial charge in [-0.15, -0.1) is 0 Å². The van der Waals surface area contributed by atoms with Gasteiger partial charge < -0.3 is 10.1 Å². The van der Waals surface area contributed by atoms with Gasteiger partial charge in [-0.05, 0) is 38.9 Å². The maximum Gasteiger partial charge on any atom is 0.123 e. The van der Waals surface area contributed by atoms with Crippen molar-refractivity contribution in [1.82, 2.24) is 15.1 Å². The number of methoxy groups -OCH3 is 1. The third kappa shape index (κ3) is 4.25. The van der Waals surface area contributed by atoms with E-state index in [-0.39, 0.29) is 0 Å². The van der Waals surface area contributed by atoms with Crippen LogP contribution in [-0.2, 0) is 0 Å². The van der Waals surface area contributed by atoms with Crippen LogP contribution >= 0.6 is 0 Å². The van der Waals surface area contributed by atoms with Crippen LogP contribution in [-0.4, -0.2) is 62.7 Å². The number of hydrogen-bond acceptors (Lipinski definition) is 4. The number of rotatable bonds is 5. The highest BCUT2D eigenvalue weighted by molar-refractivity contribution is 5.39. The molecule has 23 heavy (non-hydrogen) atoms. The van der Waals surface area contributed by atoms with Gasteiger partial charge in [0.25, 0.3) is 0 Å². The van der Waals surface area contributed by atoms with Gasteiger partial charge in [-0.1, -0.05) is 24.1 Å². The van der Waals surface area contributed by atoms with Gasteiger partial charge in [0.1, 0.15) is 5.75 Å². The molecule has 1 aromatic rings. The molecule has 0 bridgehead atoms. The average molecular weight is 317 g/mol. The molecule has 0 aliphatic carbocycles. The summed E-state index contributed by atoms with van der Waals surface area (Å²) in [5.74, 6) is 1.04. The van der Waals surface area contributed by atoms with Crippen molar-refractivity contribution in [3.05, 3.63) is 29.3 Å². The fourth-order valence-corrected chi connectivity index (χ4v) is 3.89. The number of ether oxygens (including phenoxy) is 1. The van der Waals surface area contributed by atoms with Crippen molar-refractivity contribution in [1.29, 1.82) is 0 Å². The number of piperidine rings is 1. The minimum atomic E-state index is 0.447. The summed E-state index contributed by atoms with van der Waals surface area (Å²) in [5.41, 5.74) is 2.69. The van der Waals surface area contributed by atoms with Crippen LogP contribution < -0.4 is 10.1 Å². The van der Waals surface area contributed by atoms with Crippen LogP contribution in [0.15, 0.2) is 18.2 Å². The number of aryl methyl sites for hydroxylation is 1. The molecule has 4 heteroatoms. The largest absolute Gasteiger partial charge is 0.496 e. The van der Waals surface area contributed by atoms with Gasteiger partial charge in [0.05, 0.1) is 13.2 Å². The molecule has 128 valence electrons. The summed E-state index contributed by atoms with van der Waals surface area (Å²) in [6, 6.07) is 7.07. The summed E-state index contributed by atoms with van der Waals surface area (Å²) in [6.07, 6.45) is 4.03. The molecule has 0 spiro atoms. The Bertz CT molecular complexity index is 493. The number of likely N-dealkylation sites (tertiary alicyclic amines) is 1. The summed E-state index contributed by atoms with van der Waals surface area (Å²) in [4.78, 5) is 5.29. The Morgan fingerprint density at radius 1 is 1.09 bits per heavy atom. The van der Waals surface area contributed by atoms with Gasteiger partial charge in [-0.3, -0.25) is 9.80 Å². The average Bonchev–Trinajstić information content (AvgIpc) is 2.61. The zero-order valence-electron chi connectivity index (χ0n) is 14.7. The van der Waals surface area contributed by atoms with Crippen LogP contribution in [0.5, 0.6) is 5.75 Å². The standard InChI is InChI=1S/C19H31N3O/c1-16-6-7-19(23-2)17(14-16)18(22-10-4-3-5-11-22)15-21-12-8-20-9-13-21/h6-7,14,18,20H,3-5,8-13,15H2,1-2H3. The normalized spacial score (nSPS) is 22.0. The first-order valence-corrected chi connectivity index (χ1v) is 9.09. The van der Waals surface area contributed by atoms with Crippen molar-refractivity contribution in [2.75, 3.05) is 52.9 Å². The van der Waals surface area contributed by atoms with Crippen LogP contribution in [0.2, 0.25) is 0 Å². The maximum absolute atomic E-state index is 5.70. The van der Waals surface area contributed by atoms with Crippen molar-refractivity contribution < 1.29 is 4.74 Å². The Morgan fingerprint density at radius 2 is 1.83 bits per heavy atom. The first-order chi connectivity index (χ1) is 11.3. The quantitative estimate of drug-likeness (QED) is 0.903. The van der Waals surface area contributed by atoms with Crippen molar-refractivity contribution in [3.63, 3.8) is 0 Å². The Balaban J connectivity index is 1.85. The van der Waals surface area contributed by atoms with Crippen molar-refractivity contribution in [2.24, 2.45) is 0 Å². The zero-order valence-corrected chi connectivity index (χ0v) is 14.7. The molecule has 0 amide bonds. The van der Waals surface area contributed by atoms with Gasteiger partial charge in [0.2, 0.25) is 0 Å². The maximum atomic E-state index is 5.70. The number of nitrogens with zero attached hydrogens (tertiary/aromatic N) is 2. The van der Waals surface area contributed by atoms with E-state index in [1.54, 1.807) is 7.11 Å². The second kappa shape index (κ2) is 8.13. The van der Waals surface area contributed by atoms with E-state index < -0.39 is 0 Å². The molecule has 2 saturated heterocycles. The Hall–Kier alpha value is -1.10. The summed E-state index contributed by atoms with van der Waals surface area (Å²) in [7, 11) is 1.80. The fourth-order valence-electron chi connectivity index (χ4n) is 3.89. The highest BCUT2D eigenvalue weighted by Gasteiger charge is 2.27. The smallest absolute Gasteiger partial charge is 0.123 e. The van der Waals surface area contributed by atoms with E-state index in [9.17, 15) is 0 Å². The molecule has 0 saturated carbocycles. The molecule has 2 fully saturated rings. The zero-order chi connectivity index (χ0) is 16.1. The third-order valence-corrected chi connectivity index (χ3v) is 5.22. The predicted molar refractivity (Wildman–Crippen MR) is 95.2 cm³/mol. The monoisotopic (exact) mass is 317 g/mol. The van der Waals surface area contributed by atoms with Crippen LogP contribution in [0, 0.1) is 6.92 Å². The molecule has 1 atom stereocenters. The molecule has 2 aliphatic rings. The highest BCUT2D eigenvalue weighted by Crippen LogP contribution is 2.33. The van der Waals surface area contributed by atoms with Crippen LogP contribution in [0.3, 0.4) is 0 Å². The number of nitrogens with one attached hydrogen (secondary N) is 1. The van der Waals surface area contributed by atoms with Gasteiger partial charge in [-0.25, -0.2) is 0 Å². The van der Waals surface area contributed by atoms with Gasteiger partial charge in [-0.2, -0.15) is 0 Å². The predicted octanol–water partition coefficient (Wildman–Crippen LogP) is 2.44. The Morgan fingerprint density at radius 3 is 2.52 bits per heavy atom. The lowest BCUT2D eigenvalue weighted by molar-refractivity contribution is 0.110. The Labute approximate surface area is 140 Å². The third-order valence-electron chi connectivity index (χ3n) is 5.22. The highest BCUT2D eigenvalue weighted by atomic mass is 16.5. The van der Waals surface area contributed by atoms with Crippen molar-refractivity contribution in [2.45, 2.75) is 32.2 Å². The molecule has 3 rings (SSSR count). The molecule has 1 N–H and O–H groups in total. The van der Waals surface area contributed by atoms with Crippen LogP contribution in [0.1, 0.15) is 36.4 Å². The lowest BCUT2D eigenvalue weighted by Gasteiger charge is -2.39. The molecule has 2 heterocycles. The summed E-state index contributed by atoms with van der Waals surface area (Å²) in [5, 5.41) is 3.46. The molecule has 4 nitrogen and oxygen atoms in total. The summed E-state index contributed by atoms with van der Waals surface area (Å²) < 4.78 is 5.70. The van der Waals surface area contributed by atoms with Gasteiger partial charge in [0.15, 0.2) is 0 Å². The second-order valence-electron chi connectivity index (χ2n) is 6.91. The minimum Gasteiger partial charge on any atom is -0.496 e. The van der Waals surface area contributed by atoms with E-state index in [4.69, 9.17) is 4.74 Å². The fraction of sp³-hybridized carbons (Fsp3) is 0.684. The van der Waals surface area contributed by atoms with Gasteiger partial charge >= 0.3 is 0 Å². The second-order valence-corrected chi connectivity index (χ2v) is 6.91. The molecular weight excluding hydrogens is 286 g/mol. The lowest BCUT2D eigenvalue weighted by atomic mass is 9.98. The van der Waals surface area contributed by atoms with Crippen molar-refractivity contribution >= 4 is 0 Å². The SMILES string of the molecule is COc1ccc(C)cc1C(CN1CCNCC1)N1CCCCC1. The number of piperazine rings is 1. The van der Waals surface area contributed by atoms with E-state index in [0.29, 0.717) is 6.04 Å². The molecule has 0 radical (unpaired) electrons. The first-order valence-electron chi connectivity index (χ1n) is 9.09. The minimum absolute atomic E-state index is 0.447.